The molecular weight excluding hydrogens is 468 g/mol. The summed E-state index contributed by atoms with van der Waals surface area (Å²) in [6, 6.07) is 20.7. The fraction of sp³-hybridized carbons (Fsp3) is 0.241. The van der Waals surface area contributed by atoms with E-state index in [0.29, 0.717) is 5.11 Å². The van der Waals surface area contributed by atoms with Crippen LogP contribution in [0.4, 0.5) is 5.69 Å². The van der Waals surface area contributed by atoms with Crippen molar-refractivity contribution in [3.05, 3.63) is 101 Å². The van der Waals surface area contributed by atoms with Gasteiger partial charge in [-0.05, 0) is 93.0 Å². The molecule has 0 saturated carbocycles. The largest absolute Gasteiger partial charge is 0.454 e. The first-order valence-electron chi connectivity index (χ1n) is 12.1. The van der Waals surface area contributed by atoms with Crippen molar-refractivity contribution >= 4 is 23.0 Å². The Morgan fingerprint density at radius 2 is 1.78 bits per heavy atom. The molecule has 2 aromatic carbocycles. The molecule has 36 heavy (non-hydrogen) atoms. The van der Waals surface area contributed by atoms with Gasteiger partial charge in [-0.1, -0.05) is 18.2 Å². The maximum atomic E-state index is 5.93. The van der Waals surface area contributed by atoms with Gasteiger partial charge in [-0.15, -0.1) is 0 Å². The molecule has 0 spiro atoms. The molecule has 0 aliphatic carbocycles. The second kappa shape index (κ2) is 8.68. The summed E-state index contributed by atoms with van der Waals surface area (Å²) in [5.41, 5.74) is 9.15. The number of ether oxygens (including phenoxy) is 2. The van der Waals surface area contributed by atoms with Crippen LogP contribution in [0.2, 0.25) is 0 Å². The Kier molecular flexibility index (Phi) is 5.45. The molecule has 0 amide bonds. The molecule has 6 nitrogen and oxygen atoms in total. The maximum Gasteiger partial charge on any atom is 0.231 e. The number of fused-ring (bicyclic) bond motifs is 1. The highest BCUT2D eigenvalue weighted by Crippen LogP contribution is 2.46. The van der Waals surface area contributed by atoms with Gasteiger partial charge in [0.1, 0.15) is 0 Å². The quantitative estimate of drug-likeness (QED) is 0.349. The first kappa shape index (κ1) is 22.6. The van der Waals surface area contributed by atoms with E-state index in [0.717, 1.165) is 22.9 Å². The molecule has 0 unspecified atom stereocenters. The lowest BCUT2D eigenvalue weighted by atomic mass is 9.96. The summed E-state index contributed by atoms with van der Waals surface area (Å²) in [6.07, 6.45) is 1.83. The van der Waals surface area contributed by atoms with Gasteiger partial charge >= 0.3 is 0 Å². The van der Waals surface area contributed by atoms with E-state index in [1.807, 2.05) is 36.5 Å². The smallest absolute Gasteiger partial charge is 0.231 e. The molecule has 4 heterocycles. The monoisotopic (exact) mass is 496 g/mol. The lowest BCUT2D eigenvalue weighted by Gasteiger charge is -2.28. The normalized spacial score (nSPS) is 18.6. The number of hydrogen-bond donors (Lipinski definition) is 1. The molecule has 0 bridgehead atoms. The lowest BCUT2D eigenvalue weighted by Crippen LogP contribution is -2.29. The van der Waals surface area contributed by atoms with Crippen molar-refractivity contribution in [2.45, 2.75) is 39.8 Å². The highest BCUT2D eigenvalue weighted by molar-refractivity contribution is 7.80. The Morgan fingerprint density at radius 3 is 2.58 bits per heavy atom. The number of pyridine rings is 1. The standard InChI is InChI=1S/C29H28N4O2S/c1-17-8-9-18(2)24(13-17)32-19(3)14-22(20(32)4)28-27(23-7-5-6-12-30-23)31-29(36)33(28)21-10-11-25-26(15-21)35-16-34-25/h5-15,27-28H,16H2,1-4H3,(H,31,36)/t27-,28+/m1/s1. The Balaban J connectivity index is 1.53. The number of rotatable bonds is 4. The van der Waals surface area contributed by atoms with Gasteiger partial charge in [-0.3, -0.25) is 4.98 Å². The average molecular weight is 497 g/mol. The highest BCUT2D eigenvalue weighted by Gasteiger charge is 2.42. The zero-order chi connectivity index (χ0) is 25.0. The van der Waals surface area contributed by atoms with Crippen LogP contribution in [0.1, 0.15) is 45.9 Å². The van der Waals surface area contributed by atoms with E-state index in [-0.39, 0.29) is 18.9 Å². The Bertz CT molecular complexity index is 1480. The molecule has 0 radical (unpaired) electrons. The average Bonchev–Trinajstić information content (AvgIpc) is 3.56. The number of nitrogens with zero attached hydrogens (tertiary/aromatic N) is 3. The summed E-state index contributed by atoms with van der Waals surface area (Å²) in [4.78, 5) is 6.89. The van der Waals surface area contributed by atoms with Crippen molar-refractivity contribution in [2.75, 3.05) is 11.7 Å². The molecule has 182 valence electrons. The molecule has 6 rings (SSSR count). The highest BCUT2D eigenvalue weighted by atomic mass is 32.1. The van der Waals surface area contributed by atoms with Crippen molar-refractivity contribution < 1.29 is 9.47 Å². The zero-order valence-electron chi connectivity index (χ0n) is 20.8. The van der Waals surface area contributed by atoms with Gasteiger partial charge in [0.05, 0.1) is 17.8 Å². The number of aryl methyl sites for hydroxylation is 3. The van der Waals surface area contributed by atoms with E-state index in [1.165, 1.54) is 33.8 Å². The van der Waals surface area contributed by atoms with Crippen molar-refractivity contribution in [1.82, 2.24) is 14.9 Å². The Labute approximate surface area is 216 Å². The van der Waals surface area contributed by atoms with Crippen LogP contribution in [0.15, 0.2) is 66.9 Å². The van der Waals surface area contributed by atoms with Crippen LogP contribution >= 0.6 is 12.2 Å². The van der Waals surface area contributed by atoms with Gasteiger partial charge in [0, 0.05) is 35.0 Å². The minimum absolute atomic E-state index is 0.0992. The molecule has 2 aliphatic rings. The fourth-order valence-corrected chi connectivity index (χ4v) is 5.75. The summed E-state index contributed by atoms with van der Waals surface area (Å²) in [6.45, 7) is 8.89. The van der Waals surface area contributed by atoms with E-state index in [2.05, 4.69) is 72.8 Å². The van der Waals surface area contributed by atoms with Crippen LogP contribution in [0.3, 0.4) is 0 Å². The van der Waals surface area contributed by atoms with Crippen molar-refractivity contribution in [1.29, 1.82) is 0 Å². The summed E-state index contributed by atoms with van der Waals surface area (Å²) < 4.78 is 13.6. The summed E-state index contributed by atoms with van der Waals surface area (Å²) in [5.74, 6) is 1.49. The second-order valence-electron chi connectivity index (χ2n) is 9.49. The van der Waals surface area contributed by atoms with Gasteiger partial charge in [0.2, 0.25) is 6.79 Å². The predicted molar refractivity (Wildman–Crippen MR) is 145 cm³/mol. The number of thiocarbonyl (C=S) groups is 1. The third kappa shape index (κ3) is 3.62. The minimum Gasteiger partial charge on any atom is -0.454 e. The van der Waals surface area contributed by atoms with Crippen LogP contribution in [0.5, 0.6) is 11.5 Å². The molecule has 4 aromatic rings. The zero-order valence-corrected chi connectivity index (χ0v) is 21.6. The number of nitrogens with one attached hydrogen (secondary N) is 1. The van der Waals surface area contributed by atoms with Crippen molar-refractivity contribution in [3.8, 4) is 17.2 Å². The van der Waals surface area contributed by atoms with Gasteiger partial charge in [0.25, 0.3) is 0 Å². The first-order chi connectivity index (χ1) is 17.4. The number of anilines is 1. The first-order valence-corrected chi connectivity index (χ1v) is 12.5. The van der Waals surface area contributed by atoms with Crippen LogP contribution in [-0.2, 0) is 0 Å². The topological polar surface area (TPSA) is 51.6 Å². The van der Waals surface area contributed by atoms with Crippen LogP contribution in [-0.4, -0.2) is 21.5 Å². The van der Waals surface area contributed by atoms with Gasteiger partial charge in [-0.25, -0.2) is 0 Å². The van der Waals surface area contributed by atoms with E-state index >= 15 is 0 Å². The lowest BCUT2D eigenvalue weighted by molar-refractivity contribution is 0.174. The van der Waals surface area contributed by atoms with E-state index < -0.39 is 0 Å². The van der Waals surface area contributed by atoms with E-state index in [4.69, 9.17) is 26.7 Å². The minimum atomic E-state index is -0.114. The molecule has 2 aromatic heterocycles. The van der Waals surface area contributed by atoms with Crippen LogP contribution < -0.4 is 19.7 Å². The maximum absolute atomic E-state index is 5.93. The van der Waals surface area contributed by atoms with E-state index in [9.17, 15) is 0 Å². The number of hydrogen-bond acceptors (Lipinski definition) is 4. The molecule has 7 heteroatoms. The number of benzene rings is 2. The molecular formula is C29H28N4O2S. The summed E-state index contributed by atoms with van der Waals surface area (Å²) >= 11 is 5.93. The predicted octanol–water partition coefficient (Wildman–Crippen LogP) is 6.01. The van der Waals surface area contributed by atoms with Crippen molar-refractivity contribution in [3.63, 3.8) is 0 Å². The third-order valence-electron chi connectivity index (χ3n) is 7.13. The van der Waals surface area contributed by atoms with Crippen LogP contribution in [0, 0.1) is 27.7 Å². The van der Waals surface area contributed by atoms with Gasteiger partial charge in [0.15, 0.2) is 16.6 Å². The molecule has 1 fully saturated rings. The van der Waals surface area contributed by atoms with Crippen LogP contribution in [0.25, 0.3) is 5.69 Å². The molecule has 2 aliphatic heterocycles. The SMILES string of the molecule is Cc1ccc(C)c(-n2c(C)cc([C@H]3[C@@H](c4ccccn4)NC(=S)N3c3ccc4c(c3)OCO4)c2C)c1. The number of aromatic nitrogens is 2. The summed E-state index contributed by atoms with van der Waals surface area (Å²) in [7, 11) is 0. The fourth-order valence-electron chi connectivity index (χ4n) is 5.40. The molecule has 2 atom stereocenters. The molecule has 1 N–H and O–H groups in total. The van der Waals surface area contributed by atoms with Gasteiger partial charge in [-0.2, -0.15) is 0 Å². The van der Waals surface area contributed by atoms with E-state index in [1.54, 1.807) is 0 Å². The van der Waals surface area contributed by atoms with Gasteiger partial charge < -0.3 is 24.3 Å². The summed E-state index contributed by atoms with van der Waals surface area (Å²) in [5, 5.41) is 4.22. The Hall–Kier alpha value is -3.84. The molecule has 1 saturated heterocycles. The second-order valence-corrected chi connectivity index (χ2v) is 9.87. The Morgan fingerprint density at radius 1 is 0.944 bits per heavy atom. The van der Waals surface area contributed by atoms with Crippen molar-refractivity contribution in [2.24, 2.45) is 0 Å². The third-order valence-corrected chi connectivity index (χ3v) is 7.44.